The zero-order valence-corrected chi connectivity index (χ0v) is 7.74. The second-order valence-electron chi connectivity index (χ2n) is 2.84. The highest BCUT2D eigenvalue weighted by Crippen LogP contribution is 2.24. The molecule has 14 heavy (non-hydrogen) atoms. The van der Waals surface area contributed by atoms with E-state index in [0.717, 1.165) is 0 Å². The van der Waals surface area contributed by atoms with Gasteiger partial charge in [-0.15, -0.1) is 0 Å². The van der Waals surface area contributed by atoms with Gasteiger partial charge in [-0.05, 0) is 17.7 Å². The van der Waals surface area contributed by atoms with Crippen molar-refractivity contribution in [2.45, 2.75) is 12.6 Å². The molecule has 0 fully saturated rings. The Labute approximate surface area is 81.1 Å². The van der Waals surface area contributed by atoms with E-state index in [4.69, 9.17) is 9.84 Å². The first-order valence-corrected chi connectivity index (χ1v) is 4.13. The number of hydrogen-bond acceptors (Lipinski definition) is 2. The molecule has 0 saturated carbocycles. The van der Waals surface area contributed by atoms with Crippen LogP contribution in [0.4, 0.5) is 4.39 Å². The Kier molecular flexibility index (Phi) is 3.45. The van der Waals surface area contributed by atoms with Crippen molar-refractivity contribution >= 4 is 5.97 Å². The molecule has 4 heteroatoms. The summed E-state index contributed by atoms with van der Waals surface area (Å²) in [5.74, 6) is -0.629. The lowest BCUT2D eigenvalue weighted by Gasteiger charge is -2.07. The molecule has 1 unspecified atom stereocenters. The van der Waals surface area contributed by atoms with Crippen LogP contribution >= 0.6 is 0 Å². The molecule has 1 aromatic rings. The van der Waals surface area contributed by atoms with Crippen molar-refractivity contribution in [3.63, 3.8) is 0 Å². The number of carboxylic acid groups (broad SMARTS) is 1. The fourth-order valence-corrected chi connectivity index (χ4v) is 1.11. The van der Waals surface area contributed by atoms with E-state index in [0.29, 0.717) is 11.3 Å². The van der Waals surface area contributed by atoms with Gasteiger partial charge in [-0.3, -0.25) is 4.79 Å². The minimum atomic E-state index is -1.48. The smallest absolute Gasteiger partial charge is 0.306 e. The Hall–Kier alpha value is -1.58. The summed E-state index contributed by atoms with van der Waals surface area (Å²) in [4.78, 5) is 10.3. The number of carboxylic acids is 1. The number of aliphatic carboxylic acids is 1. The molecule has 0 spiro atoms. The first-order chi connectivity index (χ1) is 6.63. The van der Waals surface area contributed by atoms with Gasteiger partial charge in [0, 0.05) is 0 Å². The molecule has 1 aromatic carbocycles. The predicted molar refractivity (Wildman–Crippen MR) is 49.1 cm³/mol. The highest BCUT2D eigenvalue weighted by atomic mass is 19.1. The molecule has 1 N–H and O–H groups in total. The van der Waals surface area contributed by atoms with Gasteiger partial charge < -0.3 is 9.84 Å². The molecule has 0 heterocycles. The van der Waals surface area contributed by atoms with E-state index in [1.54, 1.807) is 12.1 Å². The average Bonchev–Trinajstić information content (AvgIpc) is 2.17. The van der Waals surface area contributed by atoms with Gasteiger partial charge in [-0.1, -0.05) is 12.1 Å². The molecule has 0 aromatic heterocycles. The van der Waals surface area contributed by atoms with Crippen molar-refractivity contribution in [2.24, 2.45) is 0 Å². The van der Waals surface area contributed by atoms with E-state index >= 15 is 0 Å². The Balaban J connectivity index is 2.78. The second kappa shape index (κ2) is 4.60. The molecular weight excluding hydrogens is 187 g/mol. The topological polar surface area (TPSA) is 46.5 Å². The molecule has 0 bridgehead atoms. The summed E-state index contributed by atoms with van der Waals surface area (Å²) in [5, 5.41) is 8.40. The van der Waals surface area contributed by atoms with Gasteiger partial charge in [0.05, 0.1) is 13.5 Å². The third kappa shape index (κ3) is 2.73. The van der Waals surface area contributed by atoms with Crippen LogP contribution < -0.4 is 4.74 Å². The molecule has 76 valence electrons. The normalized spacial score (nSPS) is 12.1. The van der Waals surface area contributed by atoms with Crippen LogP contribution in [0.25, 0.3) is 0 Å². The SMILES string of the molecule is COc1cccc(C(F)CC(=O)O)c1. The molecule has 0 aliphatic heterocycles. The van der Waals surface area contributed by atoms with Crippen LogP contribution in [0.5, 0.6) is 5.75 Å². The number of methoxy groups -OCH3 is 1. The summed E-state index contributed by atoms with van der Waals surface area (Å²) < 4.78 is 18.2. The maximum atomic E-state index is 13.3. The largest absolute Gasteiger partial charge is 0.497 e. The van der Waals surface area contributed by atoms with Crippen molar-refractivity contribution in [2.75, 3.05) is 7.11 Å². The minimum absolute atomic E-state index is 0.326. The van der Waals surface area contributed by atoms with Gasteiger partial charge in [0.1, 0.15) is 11.9 Å². The van der Waals surface area contributed by atoms with Gasteiger partial charge in [0.15, 0.2) is 0 Å². The average molecular weight is 198 g/mol. The van der Waals surface area contributed by atoms with Crippen LogP contribution in [0, 0.1) is 0 Å². The van der Waals surface area contributed by atoms with Crippen molar-refractivity contribution in [3.8, 4) is 5.75 Å². The number of hydrogen-bond donors (Lipinski definition) is 1. The number of ether oxygens (including phenoxy) is 1. The number of benzene rings is 1. The van der Waals surface area contributed by atoms with Crippen LogP contribution in [0.2, 0.25) is 0 Å². The maximum absolute atomic E-state index is 13.3. The highest BCUT2D eigenvalue weighted by Gasteiger charge is 2.14. The van der Waals surface area contributed by atoms with Crippen molar-refractivity contribution in [3.05, 3.63) is 29.8 Å². The molecule has 1 atom stereocenters. The third-order valence-corrected chi connectivity index (χ3v) is 1.81. The molecule has 0 amide bonds. The lowest BCUT2D eigenvalue weighted by atomic mass is 10.1. The Morgan fingerprint density at radius 1 is 1.64 bits per heavy atom. The summed E-state index contributed by atoms with van der Waals surface area (Å²) in [6.07, 6.45) is -2.00. The van der Waals surface area contributed by atoms with Crippen molar-refractivity contribution in [1.82, 2.24) is 0 Å². The molecule has 0 saturated heterocycles. The van der Waals surface area contributed by atoms with Crippen LogP contribution in [0.15, 0.2) is 24.3 Å². The second-order valence-corrected chi connectivity index (χ2v) is 2.84. The Bertz CT molecular complexity index is 325. The Morgan fingerprint density at radius 2 is 2.36 bits per heavy atom. The van der Waals surface area contributed by atoms with Gasteiger partial charge in [0.2, 0.25) is 0 Å². The van der Waals surface area contributed by atoms with Crippen LogP contribution in [-0.4, -0.2) is 18.2 Å². The molecular formula is C10H11FO3. The molecule has 0 aliphatic carbocycles. The zero-order valence-electron chi connectivity index (χ0n) is 7.74. The van der Waals surface area contributed by atoms with E-state index in [1.807, 2.05) is 0 Å². The first-order valence-electron chi connectivity index (χ1n) is 4.13. The fourth-order valence-electron chi connectivity index (χ4n) is 1.11. The molecule has 3 nitrogen and oxygen atoms in total. The van der Waals surface area contributed by atoms with Crippen molar-refractivity contribution in [1.29, 1.82) is 0 Å². The highest BCUT2D eigenvalue weighted by molar-refractivity contribution is 5.67. The summed E-state index contributed by atoms with van der Waals surface area (Å²) in [5.41, 5.74) is 0.326. The van der Waals surface area contributed by atoms with E-state index in [9.17, 15) is 9.18 Å². The summed E-state index contributed by atoms with van der Waals surface area (Å²) >= 11 is 0. The van der Waals surface area contributed by atoms with Crippen LogP contribution in [0.1, 0.15) is 18.2 Å². The number of carbonyl (C=O) groups is 1. The summed E-state index contributed by atoms with van der Waals surface area (Å²) in [6, 6.07) is 6.34. The van der Waals surface area contributed by atoms with Gasteiger partial charge in [-0.2, -0.15) is 0 Å². The third-order valence-electron chi connectivity index (χ3n) is 1.81. The zero-order chi connectivity index (χ0) is 10.6. The number of alkyl halides is 1. The first kappa shape index (κ1) is 10.5. The fraction of sp³-hybridized carbons (Fsp3) is 0.300. The predicted octanol–water partition coefficient (Wildman–Crippen LogP) is 2.18. The monoisotopic (exact) mass is 198 g/mol. The van der Waals surface area contributed by atoms with E-state index in [1.165, 1.54) is 19.2 Å². The van der Waals surface area contributed by atoms with Gasteiger partial charge >= 0.3 is 5.97 Å². The van der Waals surface area contributed by atoms with Crippen LogP contribution in [-0.2, 0) is 4.79 Å². The lowest BCUT2D eigenvalue weighted by molar-refractivity contribution is -0.138. The number of rotatable bonds is 4. The number of halogens is 1. The standard InChI is InChI=1S/C10H11FO3/c1-14-8-4-2-3-7(5-8)9(11)6-10(12)13/h2-5,9H,6H2,1H3,(H,12,13). The summed E-state index contributed by atoms with van der Waals surface area (Å²) in [7, 11) is 1.48. The minimum Gasteiger partial charge on any atom is -0.497 e. The summed E-state index contributed by atoms with van der Waals surface area (Å²) in [6.45, 7) is 0. The Morgan fingerprint density at radius 3 is 2.93 bits per heavy atom. The van der Waals surface area contributed by atoms with Crippen molar-refractivity contribution < 1.29 is 19.0 Å². The van der Waals surface area contributed by atoms with E-state index in [-0.39, 0.29) is 0 Å². The molecule has 0 radical (unpaired) electrons. The van der Waals surface area contributed by atoms with Crippen LogP contribution in [0.3, 0.4) is 0 Å². The van der Waals surface area contributed by atoms with E-state index in [2.05, 4.69) is 0 Å². The van der Waals surface area contributed by atoms with Gasteiger partial charge in [-0.25, -0.2) is 4.39 Å². The van der Waals surface area contributed by atoms with Gasteiger partial charge in [0.25, 0.3) is 0 Å². The molecule has 0 aliphatic rings. The molecule has 1 rings (SSSR count). The van der Waals surface area contributed by atoms with E-state index < -0.39 is 18.6 Å². The lowest BCUT2D eigenvalue weighted by Crippen LogP contribution is -2.01. The quantitative estimate of drug-likeness (QED) is 0.806. The maximum Gasteiger partial charge on any atom is 0.306 e.